The number of nitrogens with zero attached hydrogens (tertiary/aromatic N) is 5. The highest BCUT2D eigenvalue weighted by Crippen LogP contribution is 2.21. The van der Waals surface area contributed by atoms with Gasteiger partial charge < -0.3 is 9.64 Å². The molecular formula is C15H16N6O3S2. The van der Waals surface area contributed by atoms with E-state index in [0.717, 1.165) is 11.7 Å². The summed E-state index contributed by atoms with van der Waals surface area (Å²) in [4.78, 5) is 10.9. The number of rotatable bonds is 5. The van der Waals surface area contributed by atoms with E-state index in [2.05, 4.69) is 23.4 Å². The van der Waals surface area contributed by atoms with Gasteiger partial charge in [0.05, 0.1) is 37.2 Å². The summed E-state index contributed by atoms with van der Waals surface area (Å²) >= 11 is 0.987. The lowest BCUT2D eigenvalue weighted by atomic mass is 10.3. The van der Waals surface area contributed by atoms with E-state index >= 15 is 0 Å². The monoisotopic (exact) mass is 392 g/mol. The average molecular weight is 392 g/mol. The number of hydrogen-bond donors (Lipinski definition) is 1. The van der Waals surface area contributed by atoms with Gasteiger partial charge in [-0.2, -0.15) is 8.75 Å². The van der Waals surface area contributed by atoms with Crippen LogP contribution < -0.4 is 9.62 Å². The van der Waals surface area contributed by atoms with Gasteiger partial charge in [0.15, 0.2) is 0 Å². The molecule has 26 heavy (non-hydrogen) atoms. The van der Waals surface area contributed by atoms with E-state index in [0.29, 0.717) is 49.0 Å². The molecule has 1 fully saturated rings. The molecule has 0 aliphatic carbocycles. The number of aromatic nitrogens is 4. The molecule has 0 amide bonds. The summed E-state index contributed by atoms with van der Waals surface area (Å²) in [5.74, 6) is 0.579. The normalized spacial score (nSPS) is 15.5. The molecule has 0 radical (unpaired) electrons. The Morgan fingerprint density at radius 1 is 1.19 bits per heavy atom. The smallest absolute Gasteiger partial charge is 0.243 e. The van der Waals surface area contributed by atoms with Crippen LogP contribution >= 0.6 is 11.7 Å². The van der Waals surface area contributed by atoms with Crippen molar-refractivity contribution in [2.75, 3.05) is 31.2 Å². The number of morpholine rings is 1. The Bertz CT molecular complexity index is 1020. The molecule has 3 heterocycles. The van der Waals surface area contributed by atoms with Crippen LogP contribution in [0.2, 0.25) is 0 Å². The van der Waals surface area contributed by atoms with E-state index in [1.165, 1.54) is 6.07 Å². The van der Waals surface area contributed by atoms with Crippen molar-refractivity contribution < 1.29 is 13.2 Å². The van der Waals surface area contributed by atoms with Crippen LogP contribution in [0.15, 0.2) is 35.4 Å². The van der Waals surface area contributed by atoms with Gasteiger partial charge in [-0.1, -0.05) is 6.07 Å². The summed E-state index contributed by atoms with van der Waals surface area (Å²) in [6.45, 7) is 2.76. The third kappa shape index (κ3) is 3.51. The quantitative estimate of drug-likeness (QED) is 0.679. The molecule has 9 nitrogen and oxygen atoms in total. The maximum Gasteiger partial charge on any atom is 0.243 e. The van der Waals surface area contributed by atoms with Crippen LogP contribution in [0.1, 0.15) is 5.69 Å². The molecule has 0 atom stereocenters. The van der Waals surface area contributed by atoms with Crippen molar-refractivity contribution in [2.45, 2.75) is 11.4 Å². The first kappa shape index (κ1) is 17.2. The number of nitrogens with one attached hydrogen (secondary N) is 1. The Morgan fingerprint density at radius 3 is 2.88 bits per heavy atom. The highest BCUT2D eigenvalue weighted by molar-refractivity contribution is 7.89. The fourth-order valence-corrected chi connectivity index (χ4v) is 4.41. The Balaban J connectivity index is 1.52. The fraction of sp³-hybridized carbons (Fsp3) is 0.333. The Morgan fingerprint density at radius 2 is 2.04 bits per heavy atom. The van der Waals surface area contributed by atoms with Gasteiger partial charge >= 0.3 is 0 Å². The van der Waals surface area contributed by atoms with Gasteiger partial charge in [-0.3, -0.25) is 0 Å². The summed E-state index contributed by atoms with van der Waals surface area (Å²) in [6.07, 6.45) is 1.63. The van der Waals surface area contributed by atoms with E-state index in [-0.39, 0.29) is 11.4 Å². The molecule has 3 aromatic rings. The molecule has 0 saturated carbocycles. The van der Waals surface area contributed by atoms with Crippen LogP contribution in [-0.4, -0.2) is 53.4 Å². The van der Waals surface area contributed by atoms with Crippen molar-refractivity contribution in [2.24, 2.45) is 0 Å². The second-order valence-electron chi connectivity index (χ2n) is 5.66. The topological polar surface area (TPSA) is 110 Å². The summed E-state index contributed by atoms with van der Waals surface area (Å²) in [6, 6.07) is 6.60. The van der Waals surface area contributed by atoms with Crippen molar-refractivity contribution >= 4 is 38.7 Å². The number of anilines is 1. The molecule has 1 saturated heterocycles. The lowest BCUT2D eigenvalue weighted by Crippen LogP contribution is -2.37. The highest BCUT2D eigenvalue weighted by Gasteiger charge is 2.20. The summed E-state index contributed by atoms with van der Waals surface area (Å²) in [5, 5.41) is 0. The van der Waals surface area contributed by atoms with Crippen molar-refractivity contribution in [3.63, 3.8) is 0 Å². The van der Waals surface area contributed by atoms with Crippen LogP contribution in [0.4, 0.5) is 5.95 Å². The van der Waals surface area contributed by atoms with Gasteiger partial charge in [0, 0.05) is 19.3 Å². The molecule has 0 bridgehead atoms. The minimum atomic E-state index is -3.73. The molecule has 0 spiro atoms. The second kappa shape index (κ2) is 7.19. The van der Waals surface area contributed by atoms with Gasteiger partial charge in [0.2, 0.25) is 16.0 Å². The van der Waals surface area contributed by atoms with E-state index in [4.69, 9.17) is 4.74 Å². The first-order valence-corrected chi connectivity index (χ1v) is 10.2. The zero-order valence-electron chi connectivity index (χ0n) is 13.7. The molecule has 1 N–H and O–H groups in total. The molecule has 0 unspecified atom stereocenters. The average Bonchev–Trinajstić information content (AvgIpc) is 3.16. The second-order valence-corrected chi connectivity index (χ2v) is 7.92. The van der Waals surface area contributed by atoms with E-state index in [1.54, 1.807) is 24.4 Å². The third-order valence-corrected chi connectivity index (χ3v) is 5.95. The van der Waals surface area contributed by atoms with Gasteiger partial charge in [-0.15, -0.1) is 0 Å². The van der Waals surface area contributed by atoms with E-state index in [1.807, 2.05) is 4.90 Å². The summed E-state index contributed by atoms with van der Waals surface area (Å²) in [7, 11) is -3.73. The molecule has 1 aromatic carbocycles. The fourth-order valence-electron chi connectivity index (χ4n) is 2.64. The Hall–Kier alpha value is -2.21. The minimum absolute atomic E-state index is 0.0656. The Labute approximate surface area is 154 Å². The molecule has 1 aliphatic rings. The first-order chi connectivity index (χ1) is 12.6. The summed E-state index contributed by atoms with van der Waals surface area (Å²) in [5.41, 5.74) is 1.53. The predicted molar refractivity (Wildman–Crippen MR) is 96.5 cm³/mol. The van der Waals surface area contributed by atoms with Crippen LogP contribution in [0.3, 0.4) is 0 Å². The lowest BCUT2D eigenvalue weighted by molar-refractivity contribution is 0.122. The Kier molecular flexibility index (Phi) is 4.76. The molecule has 136 valence electrons. The number of benzene rings is 1. The van der Waals surface area contributed by atoms with E-state index in [9.17, 15) is 8.42 Å². The van der Waals surface area contributed by atoms with Crippen LogP contribution in [0.5, 0.6) is 0 Å². The zero-order valence-corrected chi connectivity index (χ0v) is 15.3. The van der Waals surface area contributed by atoms with Gasteiger partial charge in [-0.25, -0.2) is 23.1 Å². The molecular weight excluding hydrogens is 376 g/mol. The van der Waals surface area contributed by atoms with Gasteiger partial charge in [0.1, 0.15) is 15.9 Å². The number of hydrogen-bond acceptors (Lipinski definition) is 9. The van der Waals surface area contributed by atoms with Crippen LogP contribution in [0.25, 0.3) is 11.0 Å². The molecule has 11 heteroatoms. The number of sulfonamides is 1. The maximum absolute atomic E-state index is 12.7. The van der Waals surface area contributed by atoms with Gasteiger partial charge in [-0.05, 0) is 18.2 Å². The molecule has 1 aliphatic heterocycles. The minimum Gasteiger partial charge on any atom is -0.378 e. The molecule has 4 rings (SSSR count). The predicted octanol–water partition coefficient (Wildman–Crippen LogP) is 0.796. The highest BCUT2D eigenvalue weighted by atomic mass is 32.2. The first-order valence-electron chi connectivity index (χ1n) is 7.99. The number of fused-ring (bicyclic) bond motifs is 1. The lowest BCUT2D eigenvalue weighted by Gasteiger charge is -2.26. The van der Waals surface area contributed by atoms with E-state index < -0.39 is 10.0 Å². The van der Waals surface area contributed by atoms with Crippen molar-refractivity contribution in [1.82, 2.24) is 23.4 Å². The SMILES string of the molecule is O=S(=O)(NCc1ccnc(N2CCOCC2)n1)c1cccc2nsnc12. The van der Waals surface area contributed by atoms with Crippen LogP contribution in [-0.2, 0) is 21.3 Å². The van der Waals surface area contributed by atoms with Crippen LogP contribution in [0, 0.1) is 0 Å². The van der Waals surface area contributed by atoms with Crippen molar-refractivity contribution in [3.05, 3.63) is 36.2 Å². The third-order valence-electron chi connectivity index (χ3n) is 3.98. The van der Waals surface area contributed by atoms with Gasteiger partial charge in [0.25, 0.3) is 0 Å². The number of ether oxygens (including phenoxy) is 1. The maximum atomic E-state index is 12.7. The standard InChI is InChI=1S/C15H16N6O3S2/c22-26(23,13-3-1-2-12-14(13)20-25-19-12)17-10-11-4-5-16-15(18-11)21-6-8-24-9-7-21/h1-5,17H,6-10H2. The zero-order chi connectivity index (χ0) is 18.0. The van der Waals surface area contributed by atoms with Crippen molar-refractivity contribution in [1.29, 1.82) is 0 Å². The molecule has 2 aromatic heterocycles. The summed E-state index contributed by atoms with van der Waals surface area (Å²) < 4.78 is 41.4. The van der Waals surface area contributed by atoms with Crippen molar-refractivity contribution in [3.8, 4) is 0 Å². The largest absolute Gasteiger partial charge is 0.378 e.